The zero-order valence-electron chi connectivity index (χ0n) is 20.2. The van der Waals surface area contributed by atoms with Crippen LogP contribution in [0.1, 0.15) is 35.2 Å². The second-order valence-electron chi connectivity index (χ2n) is 9.65. The van der Waals surface area contributed by atoms with E-state index in [-0.39, 0.29) is 10.7 Å². The monoisotopic (exact) mass is 463 g/mol. The predicted molar refractivity (Wildman–Crippen MR) is 139 cm³/mol. The average molecular weight is 464 g/mol. The number of hydrogen-bond donors (Lipinski definition) is 1. The largest absolute Gasteiger partial charge is 0.633 e. The van der Waals surface area contributed by atoms with Crippen molar-refractivity contribution in [3.05, 3.63) is 94.7 Å². The number of hydrogen-bond acceptors (Lipinski definition) is 5. The SMILES string of the molecule is Cc1cc(C)c(C[N+]2([O-])CCC(Nc3cc(-c4cccc(C#N)c4)cc4ccncc34)CC2)cn1. The fourth-order valence-electron chi connectivity index (χ4n) is 5.01. The molecule has 4 aromatic rings. The number of quaternary nitrogens is 1. The first-order chi connectivity index (χ1) is 16.9. The van der Waals surface area contributed by atoms with Crippen LogP contribution in [-0.2, 0) is 6.54 Å². The zero-order valence-corrected chi connectivity index (χ0v) is 20.2. The van der Waals surface area contributed by atoms with Gasteiger partial charge in [-0.3, -0.25) is 9.97 Å². The molecule has 5 rings (SSSR count). The quantitative estimate of drug-likeness (QED) is 0.295. The van der Waals surface area contributed by atoms with Crippen LogP contribution >= 0.6 is 0 Å². The van der Waals surface area contributed by atoms with Crippen LogP contribution in [-0.4, -0.2) is 33.7 Å². The number of nitriles is 1. The molecule has 1 N–H and O–H groups in total. The Balaban J connectivity index is 1.36. The Bertz CT molecular complexity index is 1420. The summed E-state index contributed by atoms with van der Waals surface area (Å²) in [4.78, 5) is 8.73. The highest BCUT2D eigenvalue weighted by Gasteiger charge is 2.28. The number of benzene rings is 2. The lowest BCUT2D eigenvalue weighted by atomic mass is 9.98. The topological polar surface area (TPSA) is 84.7 Å². The molecule has 0 bridgehead atoms. The number of aryl methyl sites for hydroxylation is 2. The molecular weight excluding hydrogens is 434 g/mol. The molecule has 0 unspecified atom stereocenters. The molecule has 3 heterocycles. The minimum atomic E-state index is -0.201. The Morgan fingerprint density at radius 3 is 2.66 bits per heavy atom. The van der Waals surface area contributed by atoms with Crippen molar-refractivity contribution < 1.29 is 4.65 Å². The number of pyridine rings is 2. The van der Waals surface area contributed by atoms with Crippen molar-refractivity contribution in [3.63, 3.8) is 0 Å². The first kappa shape index (κ1) is 23.0. The Labute approximate surface area is 206 Å². The fraction of sp³-hybridized carbons (Fsp3) is 0.276. The number of piperidine rings is 1. The molecule has 0 aliphatic carbocycles. The summed E-state index contributed by atoms with van der Waals surface area (Å²) >= 11 is 0. The highest BCUT2D eigenvalue weighted by Crippen LogP contribution is 2.33. The molecule has 2 aromatic carbocycles. The molecule has 0 saturated carbocycles. The number of hydroxylamine groups is 3. The summed E-state index contributed by atoms with van der Waals surface area (Å²) in [6, 6.07) is 18.4. The predicted octanol–water partition coefficient (Wildman–Crippen LogP) is 5.87. The number of nitrogens with one attached hydrogen (secondary N) is 1. The summed E-state index contributed by atoms with van der Waals surface area (Å²) in [5.41, 5.74) is 6.88. The van der Waals surface area contributed by atoms with Gasteiger partial charge in [-0.15, -0.1) is 0 Å². The molecule has 1 aliphatic heterocycles. The molecule has 6 heteroatoms. The Hall–Kier alpha value is -3.79. The molecule has 6 nitrogen and oxygen atoms in total. The van der Waals surface area contributed by atoms with Crippen molar-refractivity contribution in [2.75, 3.05) is 18.4 Å². The van der Waals surface area contributed by atoms with Crippen LogP contribution in [0.3, 0.4) is 0 Å². The van der Waals surface area contributed by atoms with E-state index in [1.54, 1.807) is 6.20 Å². The maximum atomic E-state index is 13.5. The van der Waals surface area contributed by atoms with Crippen LogP contribution in [0, 0.1) is 30.4 Å². The van der Waals surface area contributed by atoms with Crippen LogP contribution in [0.25, 0.3) is 21.9 Å². The van der Waals surface area contributed by atoms with Crippen molar-refractivity contribution in [1.82, 2.24) is 9.97 Å². The number of likely N-dealkylation sites (tertiary alicyclic amines) is 1. The maximum absolute atomic E-state index is 13.5. The molecule has 0 amide bonds. The third kappa shape index (κ3) is 5.02. The summed E-state index contributed by atoms with van der Waals surface area (Å²) < 4.78 is -0.201. The van der Waals surface area contributed by atoms with E-state index in [1.807, 2.05) is 55.7 Å². The molecule has 1 aliphatic rings. The molecule has 1 fully saturated rings. The van der Waals surface area contributed by atoms with Gasteiger partial charge in [-0.05, 0) is 72.3 Å². The second-order valence-corrected chi connectivity index (χ2v) is 9.65. The normalized spacial score (nSPS) is 19.9. The summed E-state index contributed by atoms with van der Waals surface area (Å²) in [5.74, 6) is 0. The van der Waals surface area contributed by atoms with E-state index >= 15 is 0 Å². The second kappa shape index (κ2) is 9.46. The van der Waals surface area contributed by atoms with Gasteiger partial charge in [0.25, 0.3) is 0 Å². The fourth-order valence-corrected chi connectivity index (χ4v) is 5.01. The smallest absolute Gasteiger partial charge is 0.106 e. The Morgan fingerprint density at radius 2 is 1.89 bits per heavy atom. The average Bonchev–Trinajstić information content (AvgIpc) is 2.87. The van der Waals surface area contributed by atoms with E-state index in [2.05, 4.69) is 40.4 Å². The Morgan fingerprint density at radius 1 is 1.06 bits per heavy atom. The van der Waals surface area contributed by atoms with Crippen molar-refractivity contribution in [3.8, 4) is 17.2 Å². The molecule has 0 atom stereocenters. The van der Waals surface area contributed by atoms with Crippen LogP contribution in [0.2, 0.25) is 0 Å². The van der Waals surface area contributed by atoms with Gasteiger partial charge in [-0.2, -0.15) is 5.26 Å². The molecule has 2 aromatic heterocycles. The highest BCUT2D eigenvalue weighted by molar-refractivity contribution is 5.97. The van der Waals surface area contributed by atoms with Gasteiger partial charge in [-0.1, -0.05) is 12.1 Å². The standard InChI is InChI=1S/C29H29N5O/c1-20-12-21(2)32-17-26(20)19-34(35)10-7-27(8-11-34)33-29-15-25(14-24-6-9-31-18-28(24)29)23-5-3-4-22(13-23)16-30/h3-6,9,12-15,17-18,27,33H,7-8,10-11,19H2,1-2H3. The van der Waals surface area contributed by atoms with E-state index in [0.29, 0.717) is 25.2 Å². The number of anilines is 1. The van der Waals surface area contributed by atoms with E-state index in [1.165, 1.54) is 0 Å². The zero-order chi connectivity index (χ0) is 24.4. The summed E-state index contributed by atoms with van der Waals surface area (Å²) in [5, 5.41) is 28.7. The van der Waals surface area contributed by atoms with Crippen LogP contribution < -0.4 is 5.32 Å². The van der Waals surface area contributed by atoms with Gasteiger partial charge in [0.2, 0.25) is 0 Å². The van der Waals surface area contributed by atoms with E-state index in [9.17, 15) is 10.5 Å². The number of aromatic nitrogens is 2. The molecular formula is C29H29N5O. The summed E-state index contributed by atoms with van der Waals surface area (Å²) in [7, 11) is 0. The van der Waals surface area contributed by atoms with Crippen LogP contribution in [0.4, 0.5) is 5.69 Å². The third-order valence-corrected chi connectivity index (χ3v) is 7.03. The Kier molecular flexibility index (Phi) is 6.21. The van der Waals surface area contributed by atoms with Gasteiger partial charge in [-0.25, -0.2) is 0 Å². The van der Waals surface area contributed by atoms with Gasteiger partial charge in [0.15, 0.2) is 0 Å². The summed E-state index contributed by atoms with van der Waals surface area (Å²) in [6.07, 6.45) is 7.15. The van der Waals surface area contributed by atoms with E-state index in [0.717, 1.165) is 57.2 Å². The van der Waals surface area contributed by atoms with Crippen molar-refractivity contribution >= 4 is 16.5 Å². The van der Waals surface area contributed by atoms with Crippen molar-refractivity contribution in [2.45, 2.75) is 39.3 Å². The van der Waals surface area contributed by atoms with Crippen LogP contribution in [0.15, 0.2) is 67.1 Å². The van der Waals surface area contributed by atoms with Gasteiger partial charge in [0.05, 0.1) is 24.7 Å². The van der Waals surface area contributed by atoms with E-state index < -0.39 is 0 Å². The van der Waals surface area contributed by atoms with Crippen molar-refractivity contribution in [2.24, 2.45) is 0 Å². The number of nitrogens with zero attached hydrogens (tertiary/aromatic N) is 4. The lowest BCUT2D eigenvalue weighted by molar-refractivity contribution is -0.898. The molecule has 0 radical (unpaired) electrons. The summed E-state index contributed by atoms with van der Waals surface area (Å²) in [6.45, 7) is 5.66. The van der Waals surface area contributed by atoms with E-state index in [4.69, 9.17) is 0 Å². The molecule has 35 heavy (non-hydrogen) atoms. The third-order valence-electron chi connectivity index (χ3n) is 7.03. The lowest BCUT2D eigenvalue weighted by Crippen LogP contribution is -2.50. The van der Waals surface area contributed by atoms with Gasteiger partial charge in [0.1, 0.15) is 6.54 Å². The maximum Gasteiger partial charge on any atom is 0.106 e. The van der Waals surface area contributed by atoms with Crippen molar-refractivity contribution in [1.29, 1.82) is 5.26 Å². The number of rotatable bonds is 5. The van der Waals surface area contributed by atoms with Gasteiger partial charge in [0, 0.05) is 59.8 Å². The van der Waals surface area contributed by atoms with Crippen LogP contribution in [0.5, 0.6) is 0 Å². The van der Waals surface area contributed by atoms with Gasteiger partial charge >= 0.3 is 0 Å². The molecule has 1 saturated heterocycles. The van der Waals surface area contributed by atoms with Gasteiger partial charge < -0.3 is 15.2 Å². The molecule has 176 valence electrons. The first-order valence-electron chi connectivity index (χ1n) is 12.1. The lowest BCUT2D eigenvalue weighted by Gasteiger charge is -2.47. The highest BCUT2D eigenvalue weighted by atomic mass is 16.5. The molecule has 0 spiro atoms. The number of fused-ring (bicyclic) bond motifs is 1. The minimum absolute atomic E-state index is 0.201. The minimum Gasteiger partial charge on any atom is -0.633 e. The first-order valence-corrected chi connectivity index (χ1v) is 12.1.